The molecule has 62 valence electrons. The van der Waals surface area contributed by atoms with Gasteiger partial charge in [-0.1, -0.05) is 0 Å². The van der Waals surface area contributed by atoms with E-state index in [1.54, 1.807) is 0 Å². The molecular weight excluding hydrogens is 142 g/mol. The van der Waals surface area contributed by atoms with Crippen LogP contribution in [0.3, 0.4) is 0 Å². The van der Waals surface area contributed by atoms with Crippen LogP contribution in [0.4, 0.5) is 0 Å². The second kappa shape index (κ2) is 2.48. The molecule has 1 N–H and O–H groups in total. The number of carbonyl (C=O) groups is 1. The van der Waals surface area contributed by atoms with Crippen molar-refractivity contribution in [1.82, 2.24) is 4.90 Å². The Bertz CT molecular complexity index is 181. The van der Waals surface area contributed by atoms with E-state index in [1.807, 2.05) is 0 Å². The number of nitrogens with zero attached hydrogens (tertiary/aromatic N) is 1. The second-order valence-corrected chi connectivity index (χ2v) is 3.58. The quantitative estimate of drug-likeness (QED) is 0.601. The van der Waals surface area contributed by atoms with Gasteiger partial charge in [-0.15, -0.1) is 0 Å². The van der Waals surface area contributed by atoms with Gasteiger partial charge >= 0.3 is 5.97 Å². The highest BCUT2D eigenvalue weighted by atomic mass is 16.4. The Hall–Kier alpha value is -0.570. The summed E-state index contributed by atoms with van der Waals surface area (Å²) in [7, 11) is 0. The van der Waals surface area contributed by atoms with Crippen LogP contribution in [0.25, 0.3) is 0 Å². The van der Waals surface area contributed by atoms with E-state index in [4.69, 9.17) is 5.11 Å². The second-order valence-electron chi connectivity index (χ2n) is 3.58. The molecule has 2 saturated heterocycles. The molecule has 0 amide bonds. The summed E-state index contributed by atoms with van der Waals surface area (Å²) in [5.41, 5.74) is 0. The summed E-state index contributed by atoms with van der Waals surface area (Å²) in [6.45, 7) is 2.03. The van der Waals surface area contributed by atoms with Gasteiger partial charge in [0.15, 0.2) is 0 Å². The number of carboxylic acids is 1. The van der Waals surface area contributed by atoms with Crippen molar-refractivity contribution >= 4 is 5.97 Å². The molecule has 2 heterocycles. The fraction of sp³-hybridized carbons (Fsp3) is 0.875. The van der Waals surface area contributed by atoms with Gasteiger partial charge in [0, 0.05) is 6.54 Å². The molecule has 3 nitrogen and oxygen atoms in total. The lowest BCUT2D eigenvalue weighted by Crippen LogP contribution is -2.42. The Balaban J connectivity index is 2.07. The molecule has 0 aromatic rings. The predicted molar refractivity (Wildman–Crippen MR) is 40.3 cm³/mol. The van der Waals surface area contributed by atoms with Crippen LogP contribution in [0.2, 0.25) is 0 Å². The first-order valence-corrected chi connectivity index (χ1v) is 4.24. The van der Waals surface area contributed by atoms with Crippen molar-refractivity contribution < 1.29 is 9.90 Å². The fourth-order valence-corrected chi connectivity index (χ4v) is 2.24. The number of aliphatic carboxylic acids is 1. The summed E-state index contributed by atoms with van der Waals surface area (Å²) in [6, 6.07) is -0.172. The van der Waals surface area contributed by atoms with E-state index >= 15 is 0 Å². The maximum atomic E-state index is 10.7. The Labute approximate surface area is 66.0 Å². The van der Waals surface area contributed by atoms with Crippen molar-refractivity contribution in [1.29, 1.82) is 0 Å². The Morgan fingerprint density at radius 1 is 1.36 bits per heavy atom. The summed E-state index contributed by atoms with van der Waals surface area (Å²) in [4.78, 5) is 12.8. The van der Waals surface area contributed by atoms with E-state index in [-0.39, 0.29) is 6.04 Å². The highest BCUT2D eigenvalue weighted by Crippen LogP contribution is 2.30. The van der Waals surface area contributed by atoms with E-state index in [9.17, 15) is 4.79 Å². The molecule has 2 fully saturated rings. The summed E-state index contributed by atoms with van der Waals surface area (Å²) >= 11 is 0. The zero-order chi connectivity index (χ0) is 7.84. The number of hydrogen-bond acceptors (Lipinski definition) is 2. The van der Waals surface area contributed by atoms with Crippen LogP contribution < -0.4 is 0 Å². The third-order valence-corrected chi connectivity index (χ3v) is 2.89. The van der Waals surface area contributed by atoms with Gasteiger partial charge in [-0.25, -0.2) is 0 Å². The molecule has 2 aliphatic heterocycles. The Kier molecular flexibility index (Phi) is 1.60. The van der Waals surface area contributed by atoms with Gasteiger partial charge in [0.05, 0.1) is 0 Å². The highest BCUT2D eigenvalue weighted by Gasteiger charge is 2.36. The fourth-order valence-electron chi connectivity index (χ4n) is 2.24. The first kappa shape index (κ1) is 7.10. The number of carboxylic acid groups (broad SMARTS) is 1. The molecule has 0 saturated carbocycles. The summed E-state index contributed by atoms with van der Waals surface area (Å²) in [6.07, 6.45) is 3.19. The third kappa shape index (κ3) is 1.13. The van der Waals surface area contributed by atoms with E-state index in [0.717, 1.165) is 31.8 Å². The van der Waals surface area contributed by atoms with Crippen LogP contribution in [-0.2, 0) is 4.79 Å². The molecule has 3 unspecified atom stereocenters. The van der Waals surface area contributed by atoms with Crippen molar-refractivity contribution in [3.05, 3.63) is 0 Å². The molecule has 3 heteroatoms. The van der Waals surface area contributed by atoms with Gasteiger partial charge in [-0.3, -0.25) is 9.69 Å². The zero-order valence-electron chi connectivity index (χ0n) is 6.49. The highest BCUT2D eigenvalue weighted by molar-refractivity contribution is 5.73. The molecule has 0 aliphatic carbocycles. The van der Waals surface area contributed by atoms with Gasteiger partial charge in [-0.2, -0.15) is 0 Å². The van der Waals surface area contributed by atoms with Gasteiger partial charge < -0.3 is 5.11 Å². The van der Waals surface area contributed by atoms with Crippen LogP contribution in [0.15, 0.2) is 0 Å². The number of rotatable bonds is 1. The molecule has 2 rings (SSSR count). The van der Waals surface area contributed by atoms with Gasteiger partial charge in [0.1, 0.15) is 6.04 Å². The normalized spacial score (nSPS) is 42.4. The average molecular weight is 155 g/mol. The standard InChI is InChI=1S/C8H13NO2/c10-8(11)7-2-1-6-3-4-9(7)5-6/h6-7H,1-5H2,(H,10,11). The van der Waals surface area contributed by atoms with E-state index in [1.165, 1.54) is 6.42 Å². The van der Waals surface area contributed by atoms with Crippen molar-refractivity contribution in [3.8, 4) is 0 Å². The van der Waals surface area contributed by atoms with E-state index in [0.29, 0.717) is 0 Å². The van der Waals surface area contributed by atoms with Crippen LogP contribution in [-0.4, -0.2) is 35.1 Å². The molecule has 0 aromatic heterocycles. The minimum Gasteiger partial charge on any atom is -0.480 e. The Morgan fingerprint density at radius 3 is 2.91 bits per heavy atom. The SMILES string of the molecule is O=C(O)C1CCC2CCN1C2. The lowest BCUT2D eigenvalue weighted by atomic mass is 9.96. The largest absolute Gasteiger partial charge is 0.480 e. The van der Waals surface area contributed by atoms with Gasteiger partial charge in [0.2, 0.25) is 0 Å². The molecule has 2 aliphatic rings. The Morgan fingerprint density at radius 2 is 2.18 bits per heavy atom. The van der Waals surface area contributed by atoms with Crippen LogP contribution in [0, 0.1) is 5.92 Å². The van der Waals surface area contributed by atoms with Crippen molar-refractivity contribution in [2.24, 2.45) is 5.92 Å². The number of hydrogen-bond donors (Lipinski definition) is 1. The molecule has 0 aromatic carbocycles. The molecule has 11 heavy (non-hydrogen) atoms. The van der Waals surface area contributed by atoms with Crippen LogP contribution in [0.5, 0.6) is 0 Å². The first-order valence-electron chi connectivity index (χ1n) is 4.24. The maximum Gasteiger partial charge on any atom is 0.320 e. The number of fused-ring (bicyclic) bond motifs is 2. The molecule has 3 atom stereocenters. The number of piperidine rings is 1. The molecular formula is C8H13NO2. The van der Waals surface area contributed by atoms with Crippen molar-refractivity contribution in [2.75, 3.05) is 13.1 Å². The molecule has 0 spiro atoms. The van der Waals surface area contributed by atoms with Crippen LogP contribution >= 0.6 is 0 Å². The minimum absolute atomic E-state index is 0.172. The summed E-state index contributed by atoms with van der Waals surface area (Å²) in [5.74, 6) is 0.163. The van der Waals surface area contributed by atoms with Crippen molar-refractivity contribution in [3.63, 3.8) is 0 Å². The lowest BCUT2D eigenvalue weighted by Gasteiger charge is -2.28. The van der Waals surface area contributed by atoms with Gasteiger partial charge in [-0.05, 0) is 31.7 Å². The zero-order valence-corrected chi connectivity index (χ0v) is 6.49. The van der Waals surface area contributed by atoms with Crippen molar-refractivity contribution in [2.45, 2.75) is 25.3 Å². The van der Waals surface area contributed by atoms with Crippen LogP contribution in [0.1, 0.15) is 19.3 Å². The third-order valence-electron chi connectivity index (χ3n) is 2.89. The average Bonchev–Trinajstić information content (AvgIpc) is 2.32. The van der Waals surface area contributed by atoms with E-state index in [2.05, 4.69) is 4.90 Å². The first-order chi connectivity index (χ1) is 5.27. The molecule has 0 radical (unpaired) electrons. The minimum atomic E-state index is -0.634. The predicted octanol–water partition coefficient (Wildman–Crippen LogP) is 0.555. The topological polar surface area (TPSA) is 40.5 Å². The van der Waals surface area contributed by atoms with Gasteiger partial charge in [0.25, 0.3) is 0 Å². The summed E-state index contributed by atoms with van der Waals surface area (Å²) in [5, 5.41) is 8.82. The smallest absolute Gasteiger partial charge is 0.320 e. The monoisotopic (exact) mass is 155 g/mol. The van der Waals surface area contributed by atoms with E-state index < -0.39 is 5.97 Å². The maximum absolute atomic E-state index is 10.7. The molecule has 2 bridgehead atoms. The lowest BCUT2D eigenvalue weighted by molar-refractivity contribution is -0.143. The summed E-state index contributed by atoms with van der Waals surface area (Å²) < 4.78 is 0.